The molecule has 3 heterocycles. The summed E-state index contributed by atoms with van der Waals surface area (Å²) in [6.45, 7) is 0.747. The fourth-order valence-electron chi connectivity index (χ4n) is 3.42. The van der Waals surface area contributed by atoms with Crippen LogP contribution < -0.4 is 18.9 Å². The van der Waals surface area contributed by atoms with Crippen LogP contribution in [0.2, 0.25) is 0 Å². The van der Waals surface area contributed by atoms with Crippen molar-refractivity contribution >= 4 is 0 Å². The van der Waals surface area contributed by atoms with Gasteiger partial charge in [-0.15, -0.1) is 0 Å². The molecule has 0 bridgehead atoms. The van der Waals surface area contributed by atoms with Gasteiger partial charge in [0.15, 0.2) is 11.5 Å². The summed E-state index contributed by atoms with van der Waals surface area (Å²) in [5.74, 6) is 3.53. The van der Waals surface area contributed by atoms with E-state index >= 15 is 0 Å². The van der Waals surface area contributed by atoms with E-state index in [9.17, 15) is 5.11 Å². The summed E-state index contributed by atoms with van der Waals surface area (Å²) in [5.41, 5.74) is 2.20. The molecule has 22 heavy (non-hydrogen) atoms. The van der Waals surface area contributed by atoms with Gasteiger partial charge >= 0.3 is 0 Å². The van der Waals surface area contributed by atoms with Crippen LogP contribution >= 0.6 is 0 Å². The first-order valence-electron chi connectivity index (χ1n) is 7.33. The third-order valence-corrected chi connectivity index (χ3v) is 4.53. The van der Waals surface area contributed by atoms with Crippen molar-refractivity contribution in [2.24, 2.45) is 0 Å². The number of hydrogen-bond donors (Lipinski definition) is 1. The van der Waals surface area contributed by atoms with Gasteiger partial charge in [-0.2, -0.15) is 0 Å². The number of aromatic hydroxyl groups is 1. The Labute approximate surface area is 127 Å². The number of phenols is 1. The Morgan fingerprint density at radius 2 is 1.77 bits per heavy atom. The second-order valence-electron chi connectivity index (χ2n) is 5.81. The smallest absolute Gasteiger partial charge is 0.231 e. The SMILES string of the molecule is Oc1ccc2c(c1)OC1COc3cc4c(cc3C1C2)OCO4. The van der Waals surface area contributed by atoms with Crippen LogP contribution in [-0.4, -0.2) is 24.6 Å². The highest BCUT2D eigenvalue weighted by Gasteiger charge is 2.38. The molecule has 5 rings (SSSR count). The Morgan fingerprint density at radius 3 is 2.68 bits per heavy atom. The molecule has 5 heteroatoms. The lowest BCUT2D eigenvalue weighted by molar-refractivity contribution is 0.0731. The van der Waals surface area contributed by atoms with Crippen LogP contribution in [0.1, 0.15) is 17.0 Å². The molecule has 0 amide bonds. The van der Waals surface area contributed by atoms with E-state index in [4.69, 9.17) is 18.9 Å². The predicted octanol–water partition coefficient (Wildman–Crippen LogP) is 2.60. The Hall–Kier alpha value is -2.56. The summed E-state index contributed by atoms with van der Waals surface area (Å²) in [5, 5.41) is 9.61. The van der Waals surface area contributed by atoms with E-state index in [0.717, 1.165) is 40.5 Å². The average molecular weight is 298 g/mol. The van der Waals surface area contributed by atoms with Crippen LogP contribution in [0.5, 0.6) is 28.7 Å². The van der Waals surface area contributed by atoms with Crippen molar-refractivity contribution in [1.82, 2.24) is 0 Å². The first-order chi connectivity index (χ1) is 10.8. The van der Waals surface area contributed by atoms with Crippen molar-refractivity contribution in [2.45, 2.75) is 18.4 Å². The van der Waals surface area contributed by atoms with Crippen molar-refractivity contribution < 1.29 is 24.1 Å². The molecule has 2 atom stereocenters. The van der Waals surface area contributed by atoms with Gasteiger partial charge in [0.1, 0.15) is 30.0 Å². The van der Waals surface area contributed by atoms with Gasteiger partial charge in [-0.1, -0.05) is 6.07 Å². The molecule has 0 fully saturated rings. The van der Waals surface area contributed by atoms with E-state index in [0.29, 0.717) is 6.61 Å². The highest BCUT2D eigenvalue weighted by molar-refractivity contribution is 5.55. The van der Waals surface area contributed by atoms with E-state index < -0.39 is 0 Å². The van der Waals surface area contributed by atoms with Gasteiger partial charge in [0, 0.05) is 23.6 Å². The predicted molar refractivity (Wildman–Crippen MR) is 77.0 cm³/mol. The maximum atomic E-state index is 9.61. The summed E-state index contributed by atoms with van der Waals surface area (Å²) in [4.78, 5) is 0. The standard InChI is InChI=1S/C17H14O5/c18-10-2-1-9-3-11-12-5-15-16(21-8-20-15)6-14(12)19-7-17(11)22-13(9)4-10/h1-2,4-6,11,17-18H,3,7-8H2. The van der Waals surface area contributed by atoms with Gasteiger partial charge in [-0.05, 0) is 24.1 Å². The highest BCUT2D eigenvalue weighted by Crippen LogP contribution is 2.47. The fourth-order valence-corrected chi connectivity index (χ4v) is 3.42. The van der Waals surface area contributed by atoms with Gasteiger partial charge in [0.05, 0.1) is 0 Å². The summed E-state index contributed by atoms with van der Waals surface area (Å²) >= 11 is 0. The summed E-state index contributed by atoms with van der Waals surface area (Å²) in [6.07, 6.45) is 0.804. The molecule has 3 aliphatic rings. The van der Waals surface area contributed by atoms with Crippen LogP contribution in [0.15, 0.2) is 30.3 Å². The molecule has 0 aromatic heterocycles. The largest absolute Gasteiger partial charge is 0.508 e. The van der Waals surface area contributed by atoms with Crippen molar-refractivity contribution in [3.05, 3.63) is 41.5 Å². The molecule has 0 spiro atoms. The lowest BCUT2D eigenvalue weighted by Gasteiger charge is -2.38. The minimum Gasteiger partial charge on any atom is -0.508 e. The molecule has 112 valence electrons. The quantitative estimate of drug-likeness (QED) is 0.810. The van der Waals surface area contributed by atoms with Crippen LogP contribution in [0.4, 0.5) is 0 Å². The normalized spacial score (nSPS) is 23.6. The molecule has 0 aliphatic carbocycles. The molecule has 0 saturated carbocycles. The zero-order chi connectivity index (χ0) is 14.7. The first kappa shape index (κ1) is 12.0. The minimum atomic E-state index is -0.0535. The number of fused-ring (bicyclic) bond motifs is 5. The number of hydrogen-bond acceptors (Lipinski definition) is 5. The van der Waals surface area contributed by atoms with Crippen molar-refractivity contribution in [1.29, 1.82) is 0 Å². The Kier molecular flexibility index (Phi) is 2.31. The van der Waals surface area contributed by atoms with E-state index in [2.05, 4.69) is 0 Å². The van der Waals surface area contributed by atoms with Crippen LogP contribution in [0.25, 0.3) is 0 Å². The molecule has 3 aliphatic heterocycles. The van der Waals surface area contributed by atoms with Crippen molar-refractivity contribution in [2.75, 3.05) is 13.4 Å². The van der Waals surface area contributed by atoms with Gasteiger partial charge in [-0.25, -0.2) is 0 Å². The lowest BCUT2D eigenvalue weighted by Crippen LogP contribution is -2.39. The van der Waals surface area contributed by atoms with E-state index in [-0.39, 0.29) is 24.6 Å². The molecule has 2 aromatic rings. The number of rotatable bonds is 0. The zero-order valence-corrected chi connectivity index (χ0v) is 11.7. The molecule has 1 N–H and O–H groups in total. The van der Waals surface area contributed by atoms with Crippen LogP contribution in [0.3, 0.4) is 0 Å². The second-order valence-corrected chi connectivity index (χ2v) is 5.81. The van der Waals surface area contributed by atoms with Gasteiger partial charge in [-0.3, -0.25) is 0 Å². The fraction of sp³-hybridized carbons (Fsp3) is 0.294. The summed E-state index contributed by atoms with van der Waals surface area (Å²) in [6, 6.07) is 9.19. The van der Waals surface area contributed by atoms with Crippen LogP contribution in [-0.2, 0) is 6.42 Å². The lowest BCUT2D eigenvalue weighted by atomic mass is 9.83. The molecule has 5 nitrogen and oxygen atoms in total. The van der Waals surface area contributed by atoms with Gasteiger partial charge in [0.2, 0.25) is 6.79 Å². The molecular weight excluding hydrogens is 284 g/mol. The maximum absolute atomic E-state index is 9.61. The van der Waals surface area contributed by atoms with E-state index in [1.54, 1.807) is 12.1 Å². The second kappa shape index (κ2) is 4.22. The zero-order valence-electron chi connectivity index (χ0n) is 11.7. The Bertz CT molecular complexity index is 770. The monoisotopic (exact) mass is 298 g/mol. The third kappa shape index (κ3) is 1.65. The van der Waals surface area contributed by atoms with E-state index in [1.165, 1.54) is 0 Å². The number of benzene rings is 2. The molecule has 2 aromatic carbocycles. The summed E-state index contributed by atoms with van der Waals surface area (Å²) < 4.78 is 22.8. The average Bonchev–Trinajstić information content (AvgIpc) is 2.98. The summed E-state index contributed by atoms with van der Waals surface area (Å²) in [7, 11) is 0. The highest BCUT2D eigenvalue weighted by atomic mass is 16.7. The van der Waals surface area contributed by atoms with E-state index in [1.807, 2.05) is 18.2 Å². The molecule has 0 saturated heterocycles. The minimum absolute atomic E-state index is 0.0535. The number of ether oxygens (including phenoxy) is 4. The Morgan fingerprint density at radius 1 is 0.909 bits per heavy atom. The topological polar surface area (TPSA) is 57.2 Å². The van der Waals surface area contributed by atoms with Crippen molar-refractivity contribution in [3.8, 4) is 28.7 Å². The molecule has 0 radical (unpaired) electrons. The van der Waals surface area contributed by atoms with Crippen LogP contribution in [0, 0.1) is 0 Å². The molecule has 2 unspecified atom stereocenters. The number of phenolic OH excluding ortho intramolecular Hbond substituents is 1. The molecular formula is C17H14O5. The van der Waals surface area contributed by atoms with Crippen molar-refractivity contribution in [3.63, 3.8) is 0 Å². The first-order valence-corrected chi connectivity index (χ1v) is 7.33. The van der Waals surface area contributed by atoms with Gasteiger partial charge in [0.25, 0.3) is 0 Å². The maximum Gasteiger partial charge on any atom is 0.231 e. The third-order valence-electron chi connectivity index (χ3n) is 4.53. The van der Waals surface area contributed by atoms with Gasteiger partial charge < -0.3 is 24.1 Å². The Balaban J connectivity index is 1.58.